The number of rotatable bonds is 4. The van der Waals surface area contributed by atoms with Crippen LogP contribution in [0.25, 0.3) is 0 Å². The molecule has 0 aromatic heterocycles. The molecule has 1 fully saturated rings. The lowest BCUT2D eigenvalue weighted by Crippen LogP contribution is -2.29. The number of carbonyl (C=O) groups is 2. The van der Waals surface area contributed by atoms with E-state index >= 15 is 0 Å². The SMILES string of the molecule is CN(Cc1ccc(F)c(F)c1)C(=O)C1C(C(=O)O)C1(C)C. The van der Waals surface area contributed by atoms with Crippen molar-refractivity contribution >= 4 is 11.9 Å². The molecule has 1 aliphatic carbocycles. The first kappa shape index (κ1) is 15.4. The Morgan fingerprint density at radius 3 is 2.33 bits per heavy atom. The van der Waals surface area contributed by atoms with Crippen molar-refractivity contribution in [1.82, 2.24) is 4.90 Å². The van der Waals surface area contributed by atoms with Crippen LogP contribution in [-0.4, -0.2) is 28.9 Å². The zero-order valence-electron chi connectivity index (χ0n) is 12.1. The molecule has 0 bridgehead atoms. The minimum atomic E-state index is -0.987. The summed E-state index contributed by atoms with van der Waals surface area (Å²) in [7, 11) is 1.52. The summed E-state index contributed by atoms with van der Waals surface area (Å²) < 4.78 is 26.0. The van der Waals surface area contributed by atoms with Crippen molar-refractivity contribution in [2.24, 2.45) is 17.3 Å². The topological polar surface area (TPSA) is 57.6 Å². The summed E-state index contributed by atoms with van der Waals surface area (Å²) in [6, 6.07) is 3.44. The highest BCUT2D eigenvalue weighted by Crippen LogP contribution is 2.58. The lowest BCUT2D eigenvalue weighted by Gasteiger charge is -2.18. The summed E-state index contributed by atoms with van der Waals surface area (Å²) in [6.07, 6.45) is 0. The molecular weight excluding hydrogens is 280 g/mol. The number of halogens is 2. The molecule has 1 aliphatic rings. The number of carboxylic acids is 1. The monoisotopic (exact) mass is 297 g/mol. The van der Waals surface area contributed by atoms with E-state index in [1.54, 1.807) is 13.8 Å². The Bertz CT molecular complexity index is 601. The lowest BCUT2D eigenvalue weighted by molar-refractivity contribution is -0.141. The van der Waals surface area contributed by atoms with Crippen molar-refractivity contribution in [3.8, 4) is 0 Å². The second-order valence-electron chi connectivity index (χ2n) is 6.06. The van der Waals surface area contributed by atoms with E-state index in [9.17, 15) is 18.4 Å². The highest BCUT2D eigenvalue weighted by molar-refractivity contribution is 5.91. The van der Waals surface area contributed by atoms with Gasteiger partial charge in [-0.15, -0.1) is 0 Å². The number of aliphatic carboxylic acids is 1. The summed E-state index contributed by atoms with van der Waals surface area (Å²) in [6.45, 7) is 3.58. The standard InChI is InChI=1S/C15H17F2NO3/c1-15(2)11(12(15)14(20)21)13(19)18(3)7-8-4-5-9(16)10(17)6-8/h4-6,11-12H,7H2,1-3H3,(H,20,21). The molecule has 2 atom stereocenters. The second kappa shape index (κ2) is 5.09. The zero-order chi connectivity index (χ0) is 15.9. The smallest absolute Gasteiger partial charge is 0.307 e. The van der Waals surface area contributed by atoms with Crippen LogP contribution in [0.1, 0.15) is 19.4 Å². The third kappa shape index (κ3) is 2.75. The van der Waals surface area contributed by atoms with Gasteiger partial charge in [0.2, 0.25) is 5.91 Å². The van der Waals surface area contributed by atoms with Crippen LogP contribution in [0.3, 0.4) is 0 Å². The number of amides is 1. The van der Waals surface area contributed by atoms with Crippen molar-refractivity contribution in [1.29, 1.82) is 0 Å². The quantitative estimate of drug-likeness (QED) is 0.927. The Morgan fingerprint density at radius 1 is 1.24 bits per heavy atom. The highest BCUT2D eigenvalue weighted by atomic mass is 19.2. The van der Waals surface area contributed by atoms with Crippen LogP contribution in [0.2, 0.25) is 0 Å². The van der Waals surface area contributed by atoms with Crippen LogP contribution in [0.4, 0.5) is 8.78 Å². The molecule has 21 heavy (non-hydrogen) atoms. The van der Waals surface area contributed by atoms with Crippen molar-refractivity contribution in [3.63, 3.8) is 0 Å². The van der Waals surface area contributed by atoms with Crippen molar-refractivity contribution in [2.45, 2.75) is 20.4 Å². The normalized spacial score (nSPS) is 22.7. The summed E-state index contributed by atoms with van der Waals surface area (Å²) in [5, 5.41) is 9.08. The molecule has 0 aliphatic heterocycles. The summed E-state index contributed by atoms with van der Waals surface area (Å²) in [4.78, 5) is 24.7. The first-order valence-corrected chi connectivity index (χ1v) is 6.58. The number of hydrogen-bond donors (Lipinski definition) is 1. The van der Waals surface area contributed by atoms with Crippen LogP contribution in [0, 0.1) is 28.9 Å². The first-order valence-electron chi connectivity index (χ1n) is 6.58. The maximum absolute atomic E-state index is 13.1. The van der Waals surface area contributed by atoms with Gasteiger partial charge in [0.1, 0.15) is 0 Å². The number of benzene rings is 1. The van der Waals surface area contributed by atoms with Crippen LogP contribution < -0.4 is 0 Å². The molecule has 1 N–H and O–H groups in total. The van der Waals surface area contributed by atoms with Crippen LogP contribution >= 0.6 is 0 Å². The third-order valence-corrected chi connectivity index (χ3v) is 4.14. The van der Waals surface area contributed by atoms with Crippen LogP contribution in [-0.2, 0) is 16.1 Å². The predicted octanol–water partition coefficient (Wildman–Crippen LogP) is 2.28. The fraction of sp³-hybridized carbons (Fsp3) is 0.467. The van der Waals surface area contributed by atoms with Gasteiger partial charge in [-0.1, -0.05) is 19.9 Å². The van der Waals surface area contributed by atoms with Crippen molar-refractivity contribution in [2.75, 3.05) is 7.05 Å². The molecule has 1 aromatic rings. The van der Waals surface area contributed by atoms with E-state index in [-0.39, 0.29) is 12.5 Å². The fourth-order valence-electron chi connectivity index (χ4n) is 2.79. The first-order chi connectivity index (χ1) is 9.66. The molecule has 0 heterocycles. The Hall–Kier alpha value is -1.98. The van der Waals surface area contributed by atoms with Gasteiger partial charge in [0.25, 0.3) is 0 Å². The Morgan fingerprint density at radius 2 is 1.86 bits per heavy atom. The summed E-state index contributed by atoms with van der Waals surface area (Å²) in [5.41, 5.74) is -0.124. The van der Waals surface area contributed by atoms with E-state index in [1.807, 2.05) is 0 Å². The van der Waals surface area contributed by atoms with Crippen LogP contribution in [0.5, 0.6) is 0 Å². The average Bonchev–Trinajstić information content (AvgIpc) is 2.96. The van der Waals surface area contributed by atoms with Gasteiger partial charge in [0.05, 0.1) is 11.8 Å². The van der Waals surface area contributed by atoms with Gasteiger partial charge in [0.15, 0.2) is 11.6 Å². The molecule has 6 heteroatoms. The molecule has 1 aromatic carbocycles. The molecule has 2 unspecified atom stereocenters. The maximum Gasteiger partial charge on any atom is 0.307 e. The van der Waals surface area contributed by atoms with Gasteiger partial charge in [0, 0.05) is 13.6 Å². The van der Waals surface area contributed by atoms with Gasteiger partial charge in [-0.05, 0) is 23.1 Å². The van der Waals surface area contributed by atoms with Crippen molar-refractivity contribution < 1.29 is 23.5 Å². The third-order valence-electron chi connectivity index (χ3n) is 4.14. The number of hydrogen-bond acceptors (Lipinski definition) is 2. The van der Waals surface area contributed by atoms with Gasteiger partial charge < -0.3 is 10.0 Å². The Labute approximate surface area is 121 Å². The Kier molecular flexibility index (Phi) is 3.74. The van der Waals surface area contributed by atoms with Crippen molar-refractivity contribution in [3.05, 3.63) is 35.4 Å². The maximum atomic E-state index is 13.1. The number of nitrogens with zero attached hydrogens (tertiary/aromatic N) is 1. The van der Waals surface area contributed by atoms with Crippen LogP contribution in [0.15, 0.2) is 18.2 Å². The largest absolute Gasteiger partial charge is 0.481 e. The minimum Gasteiger partial charge on any atom is -0.481 e. The molecule has 114 valence electrons. The summed E-state index contributed by atoms with van der Waals surface area (Å²) in [5.74, 6) is -4.47. The van der Waals surface area contributed by atoms with Gasteiger partial charge in [-0.25, -0.2) is 8.78 Å². The van der Waals surface area contributed by atoms with E-state index in [2.05, 4.69) is 0 Å². The molecule has 0 saturated heterocycles. The number of carboxylic acid groups (broad SMARTS) is 1. The van der Waals surface area contributed by atoms with Gasteiger partial charge in [-0.2, -0.15) is 0 Å². The van der Waals surface area contributed by atoms with E-state index in [0.717, 1.165) is 12.1 Å². The molecule has 1 amide bonds. The molecule has 4 nitrogen and oxygen atoms in total. The minimum absolute atomic E-state index is 0.106. The van der Waals surface area contributed by atoms with Gasteiger partial charge >= 0.3 is 5.97 Å². The van der Waals surface area contributed by atoms with E-state index in [0.29, 0.717) is 5.56 Å². The highest BCUT2D eigenvalue weighted by Gasteiger charge is 2.66. The fourth-order valence-corrected chi connectivity index (χ4v) is 2.79. The molecule has 1 saturated carbocycles. The average molecular weight is 297 g/mol. The zero-order valence-corrected chi connectivity index (χ0v) is 12.1. The molecule has 0 spiro atoms. The summed E-state index contributed by atoms with van der Waals surface area (Å²) >= 11 is 0. The Balaban J connectivity index is 2.07. The molecule has 2 rings (SSSR count). The van der Waals surface area contributed by atoms with E-state index < -0.39 is 34.9 Å². The second-order valence-corrected chi connectivity index (χ2v) is 6.06. The van der Waals surface area contributed by atoms with E-state index in [1.165, 1.54) is 18.0 Å². The lowest BCUT2D eigenvalue weighted by atomic mass is 10.1. The molecule has 0 radical (unpaired) electrons. The number of carbonyl (C=O) groups excluding carboxylic acids is 1. The molecular formula is C15H17F2NO3. The predicted molar refractivity (Wildman–Crippen MR) is 71.2 cm³/mol. The van der Waals surface area contributed by atoms with E-state index in [4.69, 9.17) is 5.11 Å². The van der Waals surface area contributed by atoms with Gasteiger partial charge in [-0.3, -0.25) is 9.59 Å².